The number of hydrogen-bond donors (Lipinski definition) is 1. The second-order valence-corrected chi connectivity index (χ2v) is 1.76. The van der Waals surface area contributed by atoms with Crippen molar-refractivity contribution < 1.29 is 9.53 Å². The molecule has 1 N–H and O–H groups in total. The van der Waals surface area contributed by atoms with E-state index in [2.05, 4.69) is 16.6 Å². The minimum absolute atomic E-state index is 0.319. The largest absolute Gasteiger partial charge is 0.462 e. The monoisotopic (exact) mass is 154 g/mol. The van der Waals surface area contributed by atoms with Gasteiger partial charge in [-0.2, -0.15) is 5.26 Å². The summed E-state index contributed by atoms with van der Waals surface area (Å²) >= 11 is 0. The van der Waals surface area contributed by atoms with Crippen LogP contribution in [0.15, 0.2) is 12.7 Å². The van der Waals surface area contributed by atoms with E-state index < -0.39 is 5.97 Å². The van der Waals surface area contributed by atoms with Crippen molar-refractivity contribution in [1.29, 1.82) is 5.26 Å². The Labute approximate surface area is 65.5 Å². The summed E-state index contributed by atoms with van der Waals surface area (Å²) in [7, 11) is 0. The van der Waals surface area contributed by atoms with Gasteiger partial charge in [-0.3, -0.25) is 0 Å². The summed E-state index contributed by atoms with van der Waals surface area (Å²) in [6.45, 7) is 4.08. The normalized spacial score (nSPS) is 7.91. The summed E-state index contributed by atoms with van der Waals surface area (Å²) in [5.74, 6) is -0.429. The van der Waals surface area contributed by atoms with E-state index in [-0.39, 0.29) is 0 Å². The Balaban J connectivity index is 3.09. The molecular weight excluding hydrogens is 144 g/mol. The fourth-order valence-electron chi connectivity index (χ4n) is 0.448. The lowest BCUT2D eigenvalue weighted by Gasteiger charge is -1.99. The van der Waals surface area contributed by atoms with Gasteiger partial charge in [0.25, 0.3) is 0 Å². The van der Waals surface area contributed by atoms with Gasteiger partial charge in [0.05, 0.1) is 6.61 Å². The molecule has 0 fully saturated rings. The van der Waals surface area contributed by atoms with Gasteiger partial charge in [0.1, 0.15) is 0 Å². The van der Waals surface area contributed by atoms with Gasteiger partial charge in [-0.05, 0) is 6.42 Å². The second kappa shape index (κ2) is 6.62. The van der Waals surface area contributed by atoms with E-state index in [9.17, 15) is 4.79 Å². The van der Waals surface area contributed by atoms with Crippen molar-refractivity contribution >= 4 is 5.97 Å². The van der Waals surface area contributed by atoms with Crippen LogP contribution in [0.1, 0.15) is 6.42 Å². The van der Waals surface area contributed by atoms with Crippen LogP contribution >= 0.6 is 0 Å². The summed E-state index contributed by atoms with van der Waals surface area (Å²) in [6.07, 6.45) is 3.50. The number of rotatable bonds is 5. The van der Waals surface area contributed by atoms with Crippen LogP contribution in [-0.2, 0) is 9.53 Å². The van der Waals surface area contributed by atoms with Crippen molar-refractivity contribution in [1.82, 2.24) is 5.32 Å². The summed E-state index contributed by atoms with van der Waals surface area (Å²) in [6, 6.07) is 0. The Bertz CT molecular complexity index is 172. The lowest BCUT2D eigenvalue weighted by molar-refractivity contribution is -0.137. The molecule has 0 unspecified atom stereocenters. The van der Waals surface area contributed by atoms with E-state index >= 15 is 0 Å². The van der Waals surface area contributed by atoms with E-state index in [4.69, 9.17) is 5.26 Å². The first-order valence-electron chi connectivity index (χ1n) is 3.22. The van der Waals surface area contributed by atoms with Crippen LogP contribution in [0.4, 0.5) is 0 Å². The zero-order chi connectivity index (χ0) is 8.53. The van der Waals surface area contributed by atoms with Crippen molar-refractivity contribution in [3.63, 3.8) is 0 Å². The molecule has 0 spiro atoms. The molecule has 0 aliphatic heterocycles. The third-order valence-corrected chi connectivity index (χ3v) is 0.936. The number of nitriles is 1. The highest BCUT2D eigenvalue weighted by atomic mass is 16.5. The Morgan fingerprint density at radius 2 is 2.55 bits per heavy atom. The van der Waals surface area contributed by atoms with E-state index in [1.165, 1.54) is 0 Å². The molecule has 0 aromatic carbocycles. The summed E-state index contributed by atoms with van der Waals surface area (Å²) in [5, 5.41) is 10.5. The number of esters is 1. The van der Waals surface area contributed by atoms with Gasteiger partial charge >= 0.3 is 5.97 Å². The molecule has 0 aliphatic carbocycles. The SMILES string of the molecule is C=CC(=O)OCCCNC#N. The van der Waals surface area contributed by atoms with Crippen molar-refractivity contribution in [3.8, 4) is 6.19 Å². The van der Waals surface area contributed by atoms with Gasteiger partial charge in [0.15, 0.2) is 6.19 Å². The first kappa shape index (κ1) is 9.50. The van der Waals surface area contributed by atoms with Crippen LogP contribution in [0.3, 0.4) is 0 Å². The van der Waals surface area contributed by atoms with Gasteiger partial charge in [-0.15, -0.1) is 0 Å². The zero-order valence-corrected chi connectivity index (χ0v) is 6.17. The van der Waals surface area contributed by atoms with Crippen LogP contribution in [-0.4, -0.2) is 19.1 Å². The molecule has 0 rings (SSSR count). The molecule has 0 heterocycles. The fourth-order valence-corrected chi connectivity index (χ4v) is 0.448. The number of nitrogens with one attached hydrogen (secondary N) is 1. The van der Waals surface area contributed by atoms with Gasteiger partial charge < -0.3 is 10.1 Å². The third-order valence-electron chi connectivity index (χ3n) is 0.936. The molecule has 0 aromatic heterocycles. The lowest BCUT2D eigenvalue weighted by Crippen LogP contribution is -2.11. The summed E-state index contributed by atoms with van der Waals surface area (Å²) in [5.41, 5.74) is 0. The number of ether oxygens (including phenoxy) is 1. The van der Waals surface area contributed by atoms with Gasteiger partial charge in [-0.25, -0.2) is 4.79 Å². The highest BCUT2D eigenvalue weighted by Crippen LogP contribution is 1.82. The Morgan fingerprint density at radius 1 is 1.82 bits per heavy atom. The van der Waals surface area contributed by atoms with Crippen LogP contribution in [0.5, 0.6) is 0 Å². The Kier molecular flexibility index (Phi) is 5.72. The first-order valence-corrected chi connectivity index (χ1v) is 3.22. The highest BCUT2D eigenvalue weighted by Gasteiger charge is 1.93. The number of nitrogens with zero attached hydrogens (tertiary/aromatic N) is 1. The minimum atomic E-state index is -0.429. The quantitative estimate of drug-likeness (QED) is 0.202. The number of carbonyl (C=O) groups excluding carboxylic acids is 1. The van der Waals surface area contributed by atoms with Crippen LogP contribution in [0.2, 0.25) is 0 Å². The maximum Gasteiger partial charge on any atom is 0.330 e. The van der Waals surface area contributed by atoms with Crippen LogP contribution in [0.25, 0.3) is 0 Å². The molecular formula is C7H10N2O2. The highest BCUT2D eigenvalue weighted by molar-refractivity contribution is 5.81. The van der Waals surface area contributed by atoms with E-state index in [1.54, 1.807) is 6.19 Å². The molecule has 0 bridgehead atoms. The average molecular weight is 154 g/mol. The molecule has 11 heavy (non-hydrogen) atoms. The number of carbonyl (C=O) groups is 1. The Hall–Kier alpha value is -1.50. The molecule has 0 atom stereocenters. The van der Waals surface area contributed by atoms with Crippen LogP contribution < -0.4 is 5.32 Å². The molecule has 0 aromatic rings. The van der Waals surface area contributed by atoms with Gasteiger partial charge in [0.2, 0.25) is 0 Å². The maximum absolute atomic E-state index is 10.4. The van der Waals surface area contributed by atoms with Crippen molar-refractivity contribution in [3.05, 3.63) is 12.7 Å². The van der Waals surface area contributed by atoms with Crippen molar-refractivity contribution in [2.24, 2.45) is 0 Å². The Morgan fingerprint density at radius 3 is 3.09 bits per heavy atom. The predicted octanol–water partition coefficient (Wildman–Crippen LogP) is 0.176. The molecule has 0 saturated carbocycles. The smallest absolute Gasteiger partial charge is 0.330 e. The predicted molar refractivity (Wildman–Crippen MR) is 39.4 cm³/mol. The average Bonchev–Trinajstić information content (AvgIpc) is 2.04. The standard InChI is InChI=1S/C7H10N2O2/c1-2-7(10)11-5-3-4-9-6-8/h2,9H,1,3-5H2. The van der Waals surface area contributed by atoms with E-state index in [0.717, 1.165) is 6.08 Å². The molecule has 0 amide bonds. The fraction of sp³-hybridized carbons (Fsp3) is 0.429. The topological polar surface area (TPSA) is 62.1 Å². The minimum Gasteiger partial charge on any atom is -0.462 e. The molecule has 60 valence electrons. The first-order chi connectivity index (χ1) is 5.31. The summed E-state index contributed by atoms with van der Waals surface area (Å²) in [4.78, 5) is 10.4. The molecule has 4 heteroatoms. The molecule has 0 aliphatic rings. The molecule has 0 radical (unpaired) electrons. The second-order valence-electron chi connectivity index (χ2n) is 1.76. The van der Waals surface area contributed by atoms with E-state index in [1.807, 2.05) is 0 Å². The zero-order valence-electron chi connectivity index (χ0n) is 6.17. The molecule has 4 nitrogen and oxygen atoms in total. The van der Waals surface area contributed by atoms with Crippen LogP contribution in [0, 0.1) is 11.5 Å². The van der Waals surface area contributed by atoms with Crippen molar-refractivity contribution in [2.75, 3.05) is 13.2 Å². The van der Waals surface area contributed by atoms with Gasteiger partial charge in [-0.1, -0.05) is 6.58 Å². The third kappa shape index (κ3) is 6.38. The maximum atomic E-state index is 10.4. The lowest BCUT2D eigenvalue weighted by atomic mass is 10.4. The van der Waals surface area contributed by atoms with E-state index in [0.29, 0.717) is 19.6 Å². The summed E-state index contributed by atoms with van der Waals surface area (Å²) < 4.78 is 4.63. The number of hydrogen-bond acceptors (Lipinski definition) is 4. The molecule has 0 saturated heterocycles. The van der Waals surface area contributed by atoms with Gasteiger partial charge in [0, 0.05) is 12.6 Å². The van der Waals surface area contributed by atoms with Crippen molar-refractivity contribution in [2.45, 2.75) is 6.42 Å².